The van der Waals surface area contributed by atoms with E-state index in [1.165, 1.54) is 29.8 Å². The molecule has 9 nitrogen and oxygen atoms in total. The van der Waals surface area contributed by atoms with Gasteiger partial charge in [-0.05, 0) is 36.2 Å². The van der Waals surface area contributed by atoms with Crippen molar-refractivity contribution in [2.75, 3.05) is 25.5 Å². The molecule has 0 saturated heterocycles. The fraction of sp³-hybridized carbons (Fsp3) is 0.192. The molecular formula is C26H20N4O5S2. The van der Waals surface area contributed by atoms with E-state index in [1.807, 2.05) is 24.3 Å². The van der Waals surface area contributed by atoms with Gasteiger partial charge >= 0.3 is 6.09 Å². The molecule has 2 aliphatic heterocycles. The molecule has 0 fully saturated rings. The van der Waals surface area contributed by atoms with E-state index in [2.05, 4.69) is 5.32 Å². The monoisotopic (exact) mass is 532 g/mol. The number of carbonyl (C=O) groups excluding carboxylic acids is 4. The first-order valence-corrected chi connectivity index (χ1v) is 13.2. The van der Waals surface area contributed by atoms with Gasteiger partial charge in [-0.3, -0.25) is 19.3 Å². The summed E-state index contributed by atoms with van der Waals surface area (Å²) in [5.74, 6) is -1.46. The number of amides is 4. The number of imide groups is 1. The van der Waals surface area contributed by atoms with Crippen LogP contribution in [-0.4, -0.2) is 58.8 Å². The number of thiazole rings is 1. The smallest absolute Gasteiger partial charge is 0.409 e. The molecule has 0 atom stereocenters. The topological polar surface area (TPSA) is 109 Å². The van der Waals surface area contributed by atoms with Crippen molar-refractivity contribution < 1.29 is 23.9 Å². The third kappa shape index (κ3) is 3.96. The second kappa shape index (κ2) is 9.09. The minimum atomic E-state index is -0.486. The summed E-state index contributed by atoms with van der Waals surface area (Å²) < 4.78 is 5.92. The lowest BCUT2D eigenvalue weighted by Crippen LogP contribution is -2.37. The minimum absolute atomic E-state index is 0.296. The lowest BCUT2D eigenvalue weighted by atomic mass is 10.0. The Morgan fingerprint density at radius 2 is 1.73 bits per heavy atom. The molecule has 4 aromatic rings. The number of rotatable bonds is 4. The maximum absolute atomic E-state index is 13.1. The standard InChI is InChI=1S/C26H20N4O5S2/c1-35-26(34)29-11-10-16-19(12-29)37-23(21(16)22-27-17-8-4-5-9-18(17)36-22)28-20(31)13-30-24(32)14-6-2-3-7-15(14)25(30)33/h2-9H,10-13H2,1H3,(H,28,31). The summed E-state index contributed by atoms with van der Waals surface area (Å²) in [6.45, 7) is 0.443. The molecule has 2 aromatic heterocycles. The van der Waals surface area contributed by atoms with Crippen LogP contribution in [0.3, 0.4) is 0 Å². The van der Waals surface area contributed by atoms with Crippen LogP contribution in [0.5, 0.6) is 0 Å². The lowest BCUT2D eigenvalue weighted by Gasteiger charge is -2.25. The molecule has 4 heterocycles. The second-order valence-corrected chi connectivity index (χ2v) is 10.8. The number of hydrogen-bond acceptors (Lipinski definition) is 8. The van der Waals surface area contributed by atoms with E-state index < -0.39 is 30.4 Å². The van der Waals surface area contributed by atoms with Gasteiger partial charge in [-0.15, -0.1) is 22.7 Å². The van der Waals surface area contributed by atoms with E-state index in [9.17, 15) is 19.2 Å². The van der Waals surface area contributed by atoms with Crippen molar-refractivity contribution in [3.63, 3.8) is 0 Å². The summed E-state index contributed by atoms with van der Waals surface area (Å²) in [7, 11) is 1.35. The number of anilines is 1. The Hall–Kier alpha value is -4.09. The van der Waals surface area contributed by atoms with Crippen molar-refractivity contribution in [1.29, 1.82) is 0 Å². The van der Waals surface area contributed by atoms with E-state index in [4.69, 9.17) is 9.72 Å². The van der Waals surface area contributed by atoms with Crippen molar-refractivity contribution in [3.8, 4) is 10.6 Å². The number of ether oxygens (including phenoxy) is 1. The highest BCUT2D eigenvalue weighted by atomic mass is 32.1. The summed E-state index contributed by atoms with van der Waals surface area (Å²) in [5, 5.41) is 4.27. The summed E-state index contributed by atoms with van der Waals surface area (Å²) in [4.78, 5) is 59.1. The fourth-order valence-electron chi connectivity index (χ4n) is 4.67. The Kier molecular flexibility index (Phi) is 5.73. The molecule has 0 spiro atoms. The third-order valence-corrected chi connectivity index (χ3v) is 8.62. The number of nitrogens with zero attached hydrogens (tertiary/aromatic N) is 3. The van der Waals surface area contributed by atoms with Crippen molar-refractivity contribution in [3.05, 3.63) is 70.1 Å². The van der Waals surface area contributed by atoms with E-state index >= 15 is 0 Å². The molecule has 0 saturated carbocycles. The van der Waals surface area contributed by atoms with Crippen LogP contribution in [0.1, 0.15) is 31.2 Å². The number of hydrogen-bond donors (Lipinski definition) is 1. The first-order chi connectivity index (χ1) is 17.9. The first kappa shape index (κ1) is 23.3. The van der Waals surface area contributed by atoms with Gasteiger partial charge in [0.2, 0.25) is 5.91 Å². The van der Waals surface area contributed by atoms with Crippen LogP contribution >= 0.6 is 22.7 Å². The van der Waals surface area contributed by atoms with Crippen LogP contribution < -0.4 is 5.32 Å². The van der Waals surface area contributed by atoms with E-state index in [-0.39, 0.29) is 0 Å². The van der Waals surface area contributed by atoms with Gasteiger partial charge in [0.05, 0.1) is 35.0 Å². The maximum Gasteiger partial charge on any atom is 0.409 e. The molecule has 2 aromatic carbocycles. The van der Waals surface area contributed by atoms with Crippen LogP contribution in [0.2, 0.25) is 0 Å². The van der Waals surface area contributed by atoms with Crippen molar-refractivity contribution in [1.82, 2.24) is 14.8 Å². The molecule has 0 radical (unpaired) electrons. The molecule has 186 valence electrons. The molecule has 4 amide bonds. The molecule has 6 rings (SSSR count). The molecule has 0 aliphatic carbocycles. The van der Waals surface area contributed by atoms with Gasteiger partial charge in [-0.1, -0.05) is 24.3 Å². The first-order valence-electron chi connectivity index (χ1n) is 11.5. The van der Waals surface area contributed by atoms with Gasteiger partial charge in [-0.25, -0.2) is 9.78 Å². The molecule has 37 heavy (non-hydrogen) atoms. The van der Waals surface area contributed by atoms with Gasteiger partial charge in [0.25, 0.3) is 11.8 Å². The molecule has 2 aliphatic rings. The summed E-state index contributed by atoms with van der Waals surface area (Å²) in [5.41, 5.74) is 3.30. The number of aromatic nitrogens is 1. The number of methoxy groups -OCH3 is 1. The zero-order chi connectivity index (χ0) is 25.7. The number of benzene rings is 2. The Labute approximate surface area is 219 Å². The quantitative estimate of drug-likeness (QED) is 0.391. The largest absolute Gasteiger partial charge is 0.453 e. The normalized spacial score (nSPS) is 14.6. The van der Waals surface area contributed by atoms with Crippen molar-refractivity contribution in [2.45, 2.75) is 13.0 Å². The average Bonchev–Trinajstić information content (AvgIpc) is 3.56. The van der Waals surface area contributed by atoms with Gasteiger partial charge in [0.15, 0.2) is 0 Å². The summed E-state index contributed by atoms with van der Waals surface area (Å²) in [6, 6.07) is 14.3. The van der Waals surface area contributed by atoms with Crippen molar-refractivity contribution >= 4 is 61.7 Å². The molecule has 0 unspecified atom stereocenters. The van der Waals surface area contributed by atoms with Crippen molar-refractivity contribution in [2.24, 2.45) is 0 Å². The summed E-state index contributed by atoms with van der Waals surface area (Å²) >= 11 is 2.90. The Bertz CT molecular complexity index is 1540. The SMILES string of the molecule is COC(=O)N1CCc2c(sc(NC(=O)CN3C(=O)c4ccccc4C3=O)c2-c2nc3ccccc3s2)C1. The number of fused-ring (bicyclic) bond motifs is 3. The van der Waals surface area contributed by atoms with Gasteiger partial charge in [-0.2, -0.15) is 0 Å². The van der Waals surface area contributed by atoms with Crippen LogP contribution in [0.4, 0.5) is 9.80 Å². The zero-order valence-electron chi connectivity index (χ0n) is 19.6. The predicted octanol–water partition coefficient (Wildman–Crippen LogP) is 4.38. The Morgan fingerprint density at radius 3 is 2.43 bits per heavy atom. The summed E-state index contributed by atoms with van der Waals surface area (Å²) in [6.07, 6.45) is 0.178. The fourth-order valence-corrected chi connectivity index (χ4v) is 7.06. The lowest BCUT2D eigenvalue weighted by molar-refractivity contribution is -0.116. The van der Waals surface area contributed by atoms with Gasteiger partial charge < -0.3 is 15.0 Å². The molecular weight excluding hydrogens is 512 g/mol. The van der Waals surface area contributed by atoms with Gasteiger partial charge in [0, 0.05) is 17.0 Å². The van der Waals surface area contributed by atoms with E-state index in [0.29, 0.717) is 35.6 Å². The average molecular weight is 533 g/mol. The molecule has 0 bridgehead atoms. The minimum Gasteiger partial charge on any atom is -0.453 e. The van der Waals surface area contributed by atoms with E-state index in [1.54, 1.807) is 29.2 Å². The Balaban J connectivity index is 1.33. The highest BCUT2D eigenvalue weighted by Crippen LogP contribution is 2.45. The number of nitrogens with one attached hydrogen (secondary N) is 1. The zero-order valence-corrected chi connectivity index (χ0v) is 21.3. The highest BCUT2D eigenvalue weighted by molar-refractivity contribution is 7.23. The predicted molar refractivity (Wildman–Crippen MR) is 140 cm³/mol. The highest BCUT2D eigenvalue weighted by Gasteiger charge is 2.37. The second-order valence-electron chi connectivity index (χ2n) is 8.63. The Morgan fingerprint density at radius 1 is 1.03 bits per heavy atom. The molecule has 11 heteroatoms. The van der Waals surface area contributed by atoms with Gasteiger partial charge in [0.1, 0.15) is 16.6 Å². The third-order valence-electron chi connectivity index (χ3n) is 6.43. The number of carbonyl (C=O) groups is 4. The van der Waals surface area contributed by atoms with E-state index in [0.717, 1.165) is 36.1 Å². The maximum atomic E-state index is 13.1. The molecule has 1 N–H and O–H groups in total. The van der Waals surface area contributed by atoms with Crippen LogP contribution in [0, 0.1) is 0 Å². The van der Waals surface area contributed by atoms with Crippen LogP contribution in [-0.2, 0) is 22.5 Å². The number of para-hydroxylation sites is 1. The van der Waals surface area contributed by atoms with Crippen LogP contribution in [0.15, 0.2) is 48.5 Å². The number of thiophene rings is 1. The van der Waals surface area contributed by atoms with Crippen LogP contribution in [0.25, 0.3) is 20.8 Å².